The smallest absolute Gasteiger partial charge is 0.251 e. The van der Waals surface area contributed by atoms with Crippen LogP contribution < -0.4 is 10.6 Å². The zero-order valence-corrected chi connectivity index (χ0v) is 14.8. The van der Waals surface area contributed by atoms with Crippen molar-refractivity contribution in [3.63, 3.8) is 0 Å². The van der Waals surface area contributed by atoms with E-state index >= 15 is 0 Å². The molecule has 2 rings (SSSR count). The molecule has 132 valence electrons. The molecule has 0 spiro atoms. The molecule has 2 aromatic carbocycles. The molecule has 0 unspecified atom stereocenters. The highest BCUT2D eigenvalue weighted by Crippen LogP contribution is 2.06. The summed E-state index contributed by atoms with van der Waals surface area (Å²) in [5.74, 6) is -0.345. The van der Waals surface area contributed by atoms with Crippen molar-refractivity contribution in [2.45, 2.75) is 13.0 Å². The van der Waals surface area contributed by atoms with E-state index in [0.29, 0.717) is 24.2 Å². The first-order valence-electron chi connectivity index (χ1n) is 8.41. The Hall–Kier alpha value is -2.66. The quantitative estimate of drug-likeness (QED) is 0.726. The monoisotopic (exact) mass is 339 g/mol. The van der Waals surface area contributed by atoms with Crippen LogP contribution in [0.25, 0.3) is 0 Å². The van der Waals surface area contributed by atoms with Crippen LogP contribution in [0, 0.1) is 0 Å². The fourth-order valence-corrected chi connectivity index (χ4v) is 2.38. The largest absolute Gasteiger partial charge is 0.352 e. The third-order valence-corrected chi connectivity index (χ3v) is 3.75. The van der Waals surface area contributed by atoms with E-state index in [1.165, 1.54) is 0 Å². The van der Waals surface area contributed by atoms with Crippen LogP contribution >= 0.6 is 0 Å². The molecule has 0 aliphatic rings. The van der Waals surface area contributed by atoms with Crippen molar-refractivity contribution in [1.82, 2.24) is 15.5 Å². The topological polar surface area (TPSA) is 61.4 Å². The van der Waals surface area contributed by atoms with Crippen LogP contribution in [0.15, 0.2) is 54.6 Å². The number of nitrogens with zero attached hydrogens (tertiary/aromatic N) is 1. The molecule has 0 saturated carbocycles. The van der Waals surface area contributed by atoms with Crippen LogP contribution in [-0.4, -0.2) is 43.9 Å². The van der Waals surface area contributed by atoms with Crippen molar-refractivity contribution in [3.8, 4) is 0 Å². The minimum absolute atomic E-state index is 0.156. The van der Waals surface area contributed by atoms with Crippen molar-refractivity contribution in [1.29, 1.82) is 0 Å². The van der Waals surface area contributed by atoms with Crippen molar-refractivity contribution in [2.24, 2.45) is 0 Å². The van der Waals surface area contributed by atoms with Crippen LogP contribution in [0.2, 0.25) is 0 Å². The van der Waals surface area contributed by atoms with Gasteiger partial charge in [-0.2, -0.15) is 0 Å². The fourth-order valence-electron chi connectivity index (χ4n) is 2.38. The van der Waals surface area contributed by atoms with Crippen molar-refractivity contribution in [2.75, 3.05) is 27.2 Å². The van der Waals surface area contributed by atoms with Gasteiger partial charge in [0, 0.05) is 24.2 Å². The molecule has 5 nitrogen and oxygen atoms in total. The van der Waals surface area contributed by atoms with Gasteiger partial charge in [-0.15, -0.1) is 0 Å². The van der Waals surface area contributed by atoms with Gasteiger partial charge in [0.15, 0.2) is 0 Å². The van der Waals surface area contributed by atoms with E-state index in [1.54, 1.807) is 24.3 Å². The Kier molecular flexibility index (Phi) is 7.16. The van der Waals surface area contributed by atoms with Crippen molar-refractivity contribution < 1.29 is 9.59 Å². The van der Waals surface area contributed by atoms with Gasteiger partial charge in [-0.1, -0.05) is 36.4 Å². The molecule has 0 aliphatic carbocycles. The highest BCUT2D eigenvalue weighted by atomic mass is 16.2. The summed E-state index contributed by atoms with van der Waals surface area (Å²) in [6, 6.07) is 16.5. The lowest BCUT2D eigenvalue weighted by Gasteiger charge is -2.10. The second-order valence-electron chi connectivity index (χ2n) is 6.16. The summed E-state index contributed by atoms with van der Waals surface area (Å²) < 4.78 is 0. The molecule has 2 N–H and O–H groups in total. The van der Waals surface area contributed by atoms with Crippen LogP contribution in [-0.2, 0) is 6.54 Å². The Labute approximate surface area is 149 Å². The molecule has 0 radical (unpaired) electrons. The first-order chi connectivity index (χ1) is 12.1. The van der Waals surface area contributed by atoms with E-state index in [0.717, 1.165) is 18.5 Å². The summed E-state index contributed by atoms with van der Waals surface area (Å²) in [6.45, 7) is 1.99. The van der Waals surface area contributed by atoms with Gasteiger partial charge in [-0.05, 0) is 50.8 Å². The van der Waals surface area contributed by atoms with Gasteiger partial charge < -0.3 is 15.5 Å². The predicted molar refractivity (Wildman–Crippen MR) is 99.6 cm³/mol. The summed E-state index contributed by atoms with van der Waals surface area (Å²) in [6.07, 6.45) is 0.885. The van der Waals surface area contributed by atoms with E-state index in [1.807, 2.05) is 44.4 Å². The average Bonchev–Trinajstić information content (AvgIpc) is 2.64. The summed E-state index contributed by atoms with van der Waals surface area (Å²) in [5.41, 5.74) is 2.01. The molecule has 0 atom stereocenters. The van der Waals surface area contributed by atoms with Crippen LogP contribution in [0.1, 0.15) is 32.7 Å². The number of carbonyl (C=O) groups excluding carboxylic acids is 2. The highest BCUT2D eigenvalue weighted by Gasteiger charge is 2.10. The number of rotatable bonds is 8. The minimum Gasteiger partial charge on any atom is -0.352 e. The number of hydrogen-bond donors (Lipinski definition) is 2. The van der Waals surface area contributed by atoms with Gasteiger partial charge in [0.1, 0.15) is 0 Å². The summed E-state index contributed by atoms with van der Waals surface area (Å²) in [5, 5.41) is 5.75. The Morgan fingerprint density at radius 2 is 1.52 bits per heavy atom. The van der Waals surface area contributed by atoms with Gasteiger partial charge in [-0.3, -0.25) is 9.59 Å². The molecule has 0 saturated heterocycles. The highest BCUT2D eigenvalue weighted by molar-refractivity contribution is 5.99. The maximum Gasteiger partial charge on any atom is 0.251 e. The second kappa shape index (κ2) is 9.59. The van der Waals surface area contributed by atoms with Crippen LogP contribution in [0.3, 0.4) is 0 Å². The second-order valence-corrected chi connectivity index (χ2v) is 6.16. The molecule has 0 bridgehead atoms. The normalized spacial score (nSPS) is 10.5. The number of hydrogen-bond acceptors (Lipinski definition) is 3. The molecule has 5 heteroatoms. The molecule has 2 amide bonds. The van der Waals surface area contributed by atoms with E-state index in [2.05, 4.69) is 15.5 Å². The van der Waals surface area contributed by atoms with E-state index in [-0.39, 0.29) is 11.8 Å². The van der Waals surface area contributed by atoms with Crippen LogP contribution in [0.4, 0.5) is 0 Å². The van der Waals surface area contributed by atoms with Gasteiger partial charge in [-0.25, -0.2) is 0 Å². The Bertz CT molecular complexity index is 699. The van der Waals surface area contributed by atoms with E-state index in [4.69, 9.17) is 0 Å². The predicted octanol–water partition coefficient (Wildman–Crippen LogP) is 2.30. The molecule has 2 aromatic rings. The maximum atomic E-state index is 12.3. The lowest BCUT2D eigenvalue weighted by Crippen LogP contribution is -2.28. The number of nitrogens with one attached hydrogen (secondary N) is 2. The first kappa shape index (κ1) is 18.7. The first-order valence-corrected chi connectivity index (χ1v) is 8.41. The number of carbonyl (C=O) groups is 2. The molecular formula is C20H25N3O2. The summed E-state index contributed by atoms with van der Waals surface area (Å²) >= 11 is 0. The van der Waals surface area contributed by atoms with Crippen LogP contribution in [0.5, 0.6) is 0 Å². The van der Waals surface area contributed by atoms with Gasteiger partial charge in [0.25, 0.3) is 11.8 Å². The lowest BCUT2D eigenvalue weighted by molar-refractivity contribution is 0.0950. The SMILES string of the molecule is CN(C)CCCNC(=O)c1cccc(C(=O)NCc2ccccc2)c1. The summed E-state index contributed by atoms with van der Waals surface area (Å²) in [4.78, 5) is 26.5. The van der Waals surface area contributed by atoms with Crippen molar-refractivity contribution in [3.05, 3.63) is 71.3 Å². The molecule has 0 aliphatic heterocycles. The Balaban J connectivity index is 1.88. The average molecular weight is 339 g/mol. The Morgan fingerprint density at radius 3 is 2.16 bits per heavy atom. The third kappa shape index (κ3) is 6.39. The third-order valence-electron chi connectivity index (χ3n) is 3.75. The molecule has 25 heavy (non-hydrogen) atoms. The molecule has 0 aromatic heterocycles. The van der Waals surface area contributed by atoms with E-state index in [9.17, 15) is 9.59 Å². The Morgan fingerprint density at radius 1 is 0.880 bits per heavy atom. The molecule has 0 heterocycles. The number of benzene rings is 2. The van der Waals surface area contributed by atoms with Gasteiger partial charge >= 0.3 is 0 Å². The summed E-state index contributed by atoms with van der Waals surface area (Å²) in [7, 11) is 4.00. The standard InChI is InChI=1S/C20H25N3O2/c1-23(2)13-7-12-21-19(24)17-10-6-11-18(14-17)20(25)22-15-16-8-4-3-5-9-16/h3-6,8-11,14H,7,12-13,15H2,1-2H3,(H,21,24)(H,22,25). The maximum absolute atomic E-state index is 12.3. The zero-order chi connectivity index (χ0) is 18.1. The fraction of sp³-hybridized carbons (Fsp3) is 0.300. The molecule has 0 fully saturated rings. The number of amides is 2. The van der Waals surface area contributed by atoms with Gasteiger partial charge in [0.2, 0.25) is 0 Å². The van der Waals surface area contributed by atoms with Gasteiger partial charge in [0.05, 0.1) is 0 Å². The van der Waals surface area contributed by atoms with Crippen molar-refractivity contribution >= 4 is 11.8 Å². The zero-order valence-electron chi connectivity index (χ0n) is 14.8. The van der Waals surface area contributed by atoms with E-state index < -0.39 is 0 Å². The molecular weight excluding hydrogens is 314 g/mol. The minimum atomic E-state index is -0.189. The lowest BCUT2D eigenvalue weighted by atomic mass is 10.1.